The average Bonchev–Trinajstić information content (AvgIpc) is 3.64. The van der Waals surface area contributed by atoms with Crippen LogP contribution in [0.2, 0.25) is 0 Å². The van der Waals surface area contributed by atoms with Crippen molar-refractivity contribution in [1.82, 2.24) is 20.4 Å². The van der Waals surface area contributed by atoms with Gasteiger partial charge in [-0.05, 0) is 44.1 Å². The molecule has 2 aliphatic rings. The van der Waals surface area contributed by atoms with Gasteiger partial charge in [-0.2, -0.15) is 0 Å². The number of amides is 4. The topological polar surface area (TPSA) is 227 Å². The van der Waals surface area contributed by atoms with Gasteiger partial charge in [0.05, 0.1) is 12.6 Å². The smallest absolute Gasteiger partial charge is 0.326 e. The van der Waals surface area contributed by atoms with Crippen molar-refractivity contribution in [2.45, 2.75) is 69.1 Å². The van der Waals surface area contributed by atoms with Gasteiger partial charge in [-0.15, -0.1) is 0 Å². The second-order valence-corrected chi connectivity index (χ2v) is 10.3. The molecule has 1 aromatic rings. The van der Waals surface area contributed by atoms with Crippen LogP contribution in [0, 0.1) is 0 Å². The SMILES string of the molecule is NC(N)=NCCC[C@H](N)C(=O)N1CCC[C@@H]1C(=O)N1CCC[C@H]1C(=O)NCC(=O)N[C@H](Cc1ccccc1)C(=O)O. The number of nitrogens with one attached hydrogen (secondary N) is 2. The normalized spacial score (nSPS) is 19.7. The molecule has 0 unspecified atom stereocenters. The summed E-state index contributed by atoms with van der Waals surface area (Å²) in [5.74, 6) is -3.03. The highest BCUT2D eigenvalue weighted by Gasteiger charge is 2.42. The summed E-state index contributed by atoms with van der Waals surface area (Å²) in [7, 11) is 0. The molecule has 0 radical (unpaired) electrons. The number of carbonyl (C=O) groups excluding carboxylic acids is 4. The fraction of sp³-hybridized carbons (Fsp3) is 0.556. The van der Waals surface area contributed by atoms with E-state index in [2.05, 4.69) is 15.6 Å². The predicted molar refractivity (Wildman–Crippen MR) is 150 cm³/mol. The van der Waals surface area contributed by atoms with Crippen molar-refractivity contribution < 1.29 is 29.1 Å². The van der Waals surface area contributed by atoms with Gasteiger partial charge in [0.2, 0.25) is 23.6 Å². The van der Waals surface area contributed by atoms with Gasteiger partial charge in [0, 0.05) is 26.1 Å². The molecule has 2 saturated heterocycles. The molecule has 14 heteroatoms. The van der Waals surface area contributed by atoms with E-state index < -0.39 is 48.5 Å². The van der Waals surface area contributed by atoms with Gasteiger partial charge in [0.15, 0.2) is 5.96 Å². The van der Waals surface area contributed by atoms with Crippen LogP contribution in [0.3, 0.4) is 0 Å². The molecule has 224 valence electrons. The fourth-order valence-electron chi connectivity index (χ4n) is 5.22. The van der Waals surface area contributed by atoms with Crippen LogP contribution in [-0.4, -0.2) is 101 Å². The highest BCUT2D eigenvalue weighted by Crippen LogP contribution is 2.25. The Bertz CT molecular complexity index is 1130. The number of carboxylic acid groups (broad SMARTS) is 1. The molecule has 0 aromatic heterocycles. The number of guanidine groups is 1. The molecule has 2 aliphatic heterocycles. The molecule has 0 bridgehead atoms. The molecule has 4 atom stereocenters. The first-order chi connectivity index (χ1) is 19.6. The summed E-state index contributed by atoms with van der Waals surface area (Å²) in [4.78, 5) is 70.4. The zero-order chi connectivity index (χ0) is 29.9. The van der Waals surface area contributed by atoms with E-state index in [0.717, 1.165) is 5.56 Å². The fourth-order valence-corrected chi connectivity index (χ4v) is 5.22. The first kappa shape index (κ1) is 31.3. The van der Waals surface area contributed by atoms with E-state index in [1.165, 1.54) is 9.80 Å². The Hall–Kier alpha value is -4.20. The molecule has 3 rings (SSSR count). The molecular weight excluding hydrogens is 532 g/mol. The lowest BCUT2D eigenvalue weighted by Gasteiger charge is -2.32. The summed E-state index contributed by atoms with van der Waals surface area (Å²) in [5.41, 5.74) is 17.5. The summed E-state index contributed by atoms with van der Waals surface area (Å²) in [6, 6.07) is 5.42. The number of hydrogen-bond donors (Lipinski definition) is 6. The van der Waals surface area contributed by atoms with E-state index in [-0.39, 0.29) is 24.2 Å². The lowest BCUT2D eigenvalue weighted by atomic mass is 10.1. The first-order valence-corrected chi connectivity index (χ1v) is 13.8. The van der Waals surface area contributed by atoms with Crippen LogP contribution in [0.1, 0.15) is 44.1 Å². The number of nitrogens with two attached hydrogens (primary N) is 3. The minimum absolute atomic E-state index is 0.0348. The zero-order valence-electron chi connectivity index (χ0n) is 23.0. The second-order valence-electron chi connectivity index (χ2n) is 10.3. The van der Waals surface area contributed by atoms with Gasteiger partial charge in [-0.25, -0.2) is 4.79 Å². The minimum atomic E-state index is -1.19. The third kappa shape index (κ3) is 8.90. The van der Waals surface area contributed by atoms with E-state index in [0.29, 0.717) is 58.2 Å². The van der Waals surface area contributed by atoms with Crippen LogP contribution >= 0.6 is 0 Å². The summed E-state index contributed by atoms with van der Waals surface area (Å²) in [6.45, 7) is 0.663. The monoisotopic (exact) mass is 572 g/mol. The third-order valence-corrected chi connectivity index (χ3v) is 7.28. The highest BCUT2D eigenvalue weighted by atomic mass is 16.4. The standard InChI is InChI=1S/C27H40N8O6/c28-18(9-4-12-31-27(29)30)24(38)35-14-6-11-21(35)25(39)34-13-5-10-20(34)23(37)32-16-22(36)33-19(26(40)41)15-17-7-2-1-3-8-17/h1-3,7-8,18-21H,4-6,9-16,28H2,(H,32,37)(H,33,36)(H,40,41)(H4,29,30,31)/t18-,19+,20-,21+/m0/s1. The van der Waals surface area contributed by atoms with Crippen molar-refractivity contribution in [3.05, 3.63) is 35.9 Å². The zero-order valence-corrected chi connectivity index (χ0v) is 23.0. The summed E-state index contributed by atoms with van der Waals surface area (Å²) < 4.78 is 0. The molecule has 2 heterocycles. The van der Waals surface area contributed by atoms with Crippen molar-refractivity contribution >= 4 is 35.6 Å². The van der Waals surface area contributed by atoms with Gasteiger partial charge >= 0.3 is 5.97 Å². The summed E-state index contributed by atoms with van der Waals surface area (Å²) >= 11 is 0. The van der Waals surface area contributed by atoms with Crippen LogP contribution in [0.5, 0.6) is 0 Å². The van der Waals surface area contributed by atoms with Crippen LogP contribution in [0.4, 0.5) is 0 Å². The number of aliphatic imine (C=N–C) groups is 1. The van der Waals surface area contributed by atoms with Gasteiger partial charge in [-0.3, -0.25) is 24.2 Å². The van der Waals surface area contributed by atoms with Crippen molar-refractivity contribution in [2.75, 3.05) is 26.2 Å². The lowest BCUT2D eigenvalue weighted by Crippen LogP contribution is -2.55. The largest absolute Gasteiger partial charge is 0.480 e. The van der Waals surface area contributed by atoms with E-state index in [1.54, 1.807) is 30.3 Å². The van der Waals surface area contributed by atoms with Crippen LogP contribution in [-0.2, 0) is 30.4 Å². The Labute approximate surface area is 238 Å². The number of rotatable bonds is 13. The van der Waals surface area contributed by atoms with E-state index in [4.69, 9.17) is 17.2 Å². The molecule has 0 saturated carbocycles. The maximum atomic E-state index is 13.5. The Balaban J connectivity index is 1.53. The van der Waals surface area contributed by atoms with Crippen molar-refractivity contribution in [3.8, 4) is 0 Å². The average molecular weight is 573 g/mol. The molecule has 2 fully saturated rings. The van der Waals surface area contributed by atoms with Crippen LogP contribution < -0.4 is 27.8 Å². The van der Waals surface area contributed by atoms with Crippen molar-refractivity contribution in [2.24, 2.45) is 22.2 Å². The molecule has 4 amide bonds. The van der Waals surface area contributed by atoms with E-state index in [1.807, 2.05) is 0 Å². The van der Waals surface area contributed by atoms with E-state index >= 15 is 0 Å². The molecule has 0 spiro atoms. The second kappa shape index (κ2) is 15.0. The number of aliphatic carboxylic acids is 1. The van der Waals surface area contributed by atoms with E-state index in [9.17, 15) is 29.1 Å². The Kier molecular flexibility index (Phi) is 11.4. The number of carbonyl (C=O) groups is 5. The molecule has 0 aliphatic carbocycles. The quantitative estimate of drug-likeness (QED) is 0.0896. The maximum Gasteiger partial charge on any atom is 0.326 e. The van der Waals surface area contributed by atoms with Crippen molar-refractivity contribution in [3.63, 3.8) is 0 Å². The van der Waals surface area contributed by atoms with Gasteiger partial charge in [0.25, 0.3) is 0 Å². The number of nitrogens with zero attached hydrogens (tertiary/aromatic N) is 3. The number of hydrogen-bond acceptors (Lipinski definition) is 7. The Morgan fingerprint density at radius 1 is 1.00 bits per heavy atom. The van der Waals surface area contributed by atoms with Gasteiger partial charge < -0.3 is 42.7 Å². The van der Waals surface area contributed by atoms with Crippen LogP contribution in [0.25, 0.3) is 0 Å². The summed E-state index contributed by atoms with van der Waals surface area (Å²) in [6.07, 6.45) is 3.08. The maximum absolute atomic E-state index is 13.5. The molecule has 1 aromatic carbocycles. The van der Waals surface area contributed by atoms with Crippen LogP contribution in [0.15, 0.2) is 35.3 Å². The summed E-state index contributed by atoms with van der Waals surface area (Å²) in [5, 5.41) is 14.5. The minimum Gasteiger partial charge on any atom is -0.480 e. The lowest BCUT2D eigenvalue weighted by molar-refractivity contribution is -0.147. The number of carboxylic acids is 1. The first-order valence-electron chi connectivity index (χ1n) is 13.8. The molecular formula is C27H40N8O6. The molecule has 41 heavy (non-hydrogen) atoms. The van der Waals surface area contributed by atoms with Gasteiger partial charge in [-0.1, -0.05) is 30.3 Å². The highest BCUT2D eigenvalue weighted by molar-refractivity contribution is 5.95. The number of likely N-dealkylation sites (tertiary alicyclic amines) is 2. The number of benzene rings is 1. The molecule has 14 nitrogen and oxygen atoms in total. The van der Waals surface area contributed by atoms with Crippen molar-refractivity contribution in [1.29, 1.82) is 0 Å². The Morgan fingerprint density at radius 2 is 1.66 bits per heavy atom. The van der Waals surface area contributed by atoms with Gasteiger partial charge in [0.1, 0.15) is 18.1 Å². The molecule has 9 N–H and O–H groups in total. The third-order valence-electron chi connectivity index (χ3n) is 7.28. The Morgan fingerprint density at radius 3 is 2.32 bits per heavy atom. The predicted octanol–water partition coefficient (Wildman–Crippen LogP) is -1.72.